The van der Waals surface area contributed by atoms with Crippen molar-refractivity contribution >= 4 is 11.8 Å². The van der Waals surface area contributed by atoms with Gasteiger partial charge in [0.05, 0.1) is 0 Å². The minimum Gasteiger partial charge on any atom is -0.265 e. The molecular formula is C6H4F3NS. The predicted molar refractivity (Wildman–Crippen MR) is 36.1 cm³/mol. The summed E-state index contributed by atoms with van der Waals surface area (Å²) in [5.74, 6) is 0. The Balaban J connectivity index is 2.66. The molecule has 0 aromatic carbocycles. The van der Waals surface area contributed by atoms with Crippen LogP contribution in [0.15, 0.2) is 29.4 Å². The van der Waals surface area contributed by atoms with E-state index in [1.165, 1.54) is 24.5 Å². The van der Waals surface area contributed by atoms with Gasteiger partial charge >= 0.3 is 5.51 Å². The lowest BCUT2D eigenvalue weighted by molar-refractivity contribution is -0.0328. The van der Waals surface area contributed by atoms with Crippen molar-refractivity contribution in [2.45, 2.75) is 10.4 Å². The molecule has 0 radical (unpaired) electrons. The summed E-state index contributed by atoms with van der Waals surface area (Å²) in [4.78, 5) is 3.75. The first kappa shape index (κ1) is 8.39. The van der Waals surface area contributed by atoms with Crippen molar-refractivity contribution < 1.29 is 13.2 Å². The van der Waals surface area contributed by atoms with Crippen LogP contribution in [0.4, 0.5) is 13.2 Å². The lowest BCUT2D eigenvalue weighted by Gasteiger charge is -2.03. The van der Waals surface area contributed by atoms with Crippen LogP contribution in [0.1, 0.15) is 0 Å². The first-order chi connectivity index (χ1) is 5.08. The van der Waals surface area contributed by atoms with Crippen molar-refractivity contribution in [1.82, 2.24) is 4.98 Å². The van der Waals surface area contributed by atoms with E-state index in [4.69, 9.17) is 0 Å². The molecule has 1 aromatic heterocycles. The van der Waals surface area contributed by atoms with E-state index in [9.17, 15) is 13.2 Å². The smallest absolute Gasteiger partial charge is 0.265 e. The highest BCUT2D eigenvalue weighted by Gasteiger charge is 2.28. The highest BCUT2D eigenvalue weighted by atomic mass is 32.2. The number of thioether (sulfide) groups is 1. The number of hydrogen-bond donors (Lipinski definition) is 0. The van der Waals surface area contributed by atoms with Gasteiger partial charge in [0, 0.05) is 17.3 Å². The maximum absolute atomic E-state index is 11.7. The van der Waals surface area contributed by atoms with Crippen LogP contribution in [-0.2, 0) is 0 Å². The molecule has 0 spiro atoms. The molecule has 0 fully saturated rings. The molecule has 0 aliphatic rings. The van der Waals surface area contributed by atoms with E-state index < -0.39 is 5.51 Å². The number of nitrogens with zero attached hydrogens (tertiary/aromatic N) is 1. The van der Waals surface area contributed by atoms with Gasteiger partial charge in [0.15, 0.2) is 0 Å². The van der Waals surface area contributed by atoms with Crippen LogP contribution in [0.3, 0.4) is 0 Å². The van der Waals surface area contributed by atoms with Gasteiger partial charge in [0.2, 0.25) is 0 Å². The Labute approximate surface area is 65.6 Å². The zero-order valence-electron chi connectivity index (χ0n) is 5.30. The zero-order chi connectivity index (χ0) is 8.32. The summed E-state index contributed by atoms with van der Waals surface area (Å²) in [5.41, 5.74) is -4.21. The molecule has 0 unspecified atom stereocenters. The maximum atomic E-state index is 11.7. The average molecular weight is 179 g/mol. The van der Waals surface area contributed by atoms with E-state index in [0.29, 0.717) is 0 Å². The Morgan fingerprint density at radius 1 is 1.18 bits per heavy atom. The monoisotopic (exact) mass is 179 g/mol. The molecule has 5 heteroatoms. The largest absolute Gasteiger partial charge is 0.446 e. The second-order valence-corrected chi connectivity index (χ2v) is 2.87. The maximum Gasteiger partial charge on any atom is 0.446 e. The van der Waals surface area contributed by atoms with Crippen LogP contribution < -0.4 is 0 Å². The van der Waals surface area contributed by atoms with Crippen molar-refractivity contribution in [2.75, 3.05) is 0 Å². The van der Waals surface area contributed by atoms with Crippen LogP contribution in [0.2, 0.25) is 0 Å². The minimum atomic E-state index is -4.21. The fourth-order valence-corrected chi connectivity index (χ4v) is 1.06. The Morgan fingerprint density at radius 3 is 2.18 bits per heavy atom. The molecule has 1 heterocycles. The highest BCUT2D eigenvalue weighted by molar-refractivity contribution is 8.00. The Kier molecular flexibility index (Phi) is 2.38. The molecule has 1 aromatic rings. The standard InChI is InChI=1S/C6H4F3NS/c7-6(8,9)11-5-1-3-10-4-2-5/h1-4H. The normalized spacial score (nSPS) is 11.5. The molecule has 0 saturated carbocycles. The summed E-state index contributed by atoms with van der Waals surface area (Å²) in [6.07, 6.45) is 2.65. The Hall–Kier alpha value is -0.710. The molecular weight excluding hydrogens is 175 g/mol. The molecule has 0 amide bonds. The van der Waals surface area contributed by atoms with Crippen LogP contribution in [0.5, 0.6) is 0 Å². The second kappa shape index (κ2) is 3.13. The molecule has 0 aliphatic carbocycles. The molecule has 1 rings (SSSR count). The van der Waals surface area contributed by atoms with E-state index in [0.717, 1.165) is 0 Å². The number of alkyl halides is 3. The van der Waals surface area contributed by atoms with Crippen molar-refractivity contribution in [3.05, 3.63) is 24.5 Å². The van der Waals surface area contributed by atoms with E-state index in [-0.39, 0.29) is 16.7 Å². The third-order valence-electron chi connectivity index (χ3n) is 0.883. The molecule has 0 atom stereocenters. The highest BCUT2D eigenvalue weighted by Crippen LogP contribution is 2.36. The summed E-state index contributed by atoms with van der Waals surface area (Å²) in [7, 11) is 0. The summed E-state index contributed by atoms with van der Waals surface area (Å²) < 4.78 is 35.1. The van der Waals surface area contributed by atoms with Crippen molar-refractivity contribution in [1.29, 1.82) is 0 Å². The summed E-state index contributed by atoms with van der Waals surface area (Å²) in [6.45, 7) is 0. The van der Waals surface area contributed by atoms with Crippen LogP contribution in [0.25, 0.3) is 0 Å². The van der Waals surface area contributed by atoms with Crippen LogP contribution >= 0.6 is 11.8 Å². The SMILES string of the molecule is FC(F)(F)Sc1ccncc1. The van der Waals surface area contributed by atoms with Gasteiger partial charge in [-0.2, -0.15) is 13.2 Å². The van der Waals surface area contributed by atoms with Gasteiger partial charge in [-0.05, 0) is 23.9 Å². The molecule has 11 heavy (non-hydrogen) atoms. The lowest BCUT2D eigenvalue weighted by atomic mass is 10.5. The number of hydrogen-bond acceptors (Lipinski definition) is 2. The third kappa shape index (κ3) is 3.27. The van der Waals surface area contributed by atoms with Gasteiger partial charge in [-0.15, -0.1) is 0 Å². The van der Waals surface area contributed by atoms with Gasteiger partial charge in [-0.3, -0.25) is 4.98 Å². The second-order valence-electron chi connectivity index (χ2n) is 1.73. The lowest BCUT2D eigenvalue weighted by Crippen LogP contribution is -1.98. The Morgan fingerprint density at radius 2 is 1.73 bits per heavy atom. The molecule has 1 nitrogen and oxygen atoms in total. The number of aromatic nitrogens is 1. The fraction of sp³-hybridized carbons (Fsp3) is 0.167. The van der Waals surface area contributed by atoms with Crippen molar-refractivity contribution in [3.8, 4) is 0 Å². The molecule has 0 N–H and O–H groups in total. The average Bonchev–Trinajstić information content (AvgIpc) is 1.85. The van der Waals surface area contributed by atoms with Crippen molar-refractivity contribution in [3.63, 3.8) is 0 Å². The quantitative estimate of drug-likeness (QED) is 0.615. The zero-order valence-corrected chi connectivity index (χ0v) is 6.12. The topological polar surface area (TPSA) is 12.9 Å². The number of pyridine rings is 1. The van der Waals surface area contributed by atoms with Crippen LogP contribution in [-0.4, -0.2) is 10.5 Å². The Bertz CT molecular complexity index is 221. The molecule has 0 bridgehead atoms. The van der Waals surface area contributed by atoms with E-state index in [2.05, 4.69) is 4.98 Å². The third-order valence-corrected chi connectivity index (χ3v) is 1.62. The molecule has 0 saturated heterocycles. The van der Waals surface area contributed by atoms with Gasteiger partial charge in [0.25, 0.3) is 0 Å². The predicted octanol–water partition coefficient (Wildman–Crippen LogP) is 2.69. The minimum absolute atomic E-state index is 0.139. The van der Waals surface area contributed by atoms with Crippen LogP contribution in [0, 0.1) is 0 Å². The molecule has 0 aliphatic heterocycles. The summed E-state index contributed by atoms with van der Waals surface area (Å²) >= 11 is -0.139. The fourth-order valence-electron chi connectivity index (χ4n) is 0.540. The number of halogens is 3. The van der Waals surface area contributed by atoms with E-state index in [1.807, 2.05) is 0 Å². The first-order valence-corrected chi connectivity index (χ1v) is 3.55. The van der Waals surface area contributed by atoms with E-state index in [1.54, 1.807) is 0 Å². The van der Waals surface area contributed by atoms with Gasteiger partial charge in [-0.1, -0.05) is 0 Å². The summed E-state index contributed by atoms with van der Waals surface area (Å²) in [5, 5.41) is 0. The molecule has 60 valence electrons. The van der Waals surface area contributed by atoms with E-state index >= 15 is 0 Å². The van der Waals surface area contributed by atoms with Gasteiger partial charge in [-0.25, -0.2) is 0 Å². The van der Waals surface area contributed by atoms with Gasteiger partial charge < -0.3 is 0 Å². The van der Waals surface area contributed by atoms with Gasteiger partial charge in [0.1, 0.15) is 0 Å². The van der Waals surface area contributed by atoms with Crippen molar-refractivity contribution in [2.24, 2.45) is 0 Å². The summed E-state index contributed by atoms with van der Waals surface area (Å²) in [6, 6.07) is 2.64. The number of rotatable bonds is 1. The first-order valence-electron chi connectivity index (χ1n) is 2.74.